The summed E-state index contributed by atoms with van der Waals surface area (Å²) in [6.07, 6.45) is 17.8. The smallest absolute Gasteiger partial charge is 0.328 e. The highest BCUT2D eigenvalue weighted by molar-refractivity contribution is 6.99. The Morgan fingerprint density at radius 1 is 0.817 bits per heavy atom. The van der Waals surface area contributed by atoms with Crippen molar-refractivity contribution in [3.05, 3.63) is 90.5 Å². The maximum Gasteiger partial charge on any atom is 0.328 e. The second-order valence-corrected chi connectivity index (χ2v) is 34.4. The second-order valence-electron chi connectivity index (χ2n) is 24.6. The number of aromatic hydroxyl groups is 1. The lowest BCUT2D eigenvalue weighted by Gasteiger charge is -2.45. The predicted octanol–water partition coefficient (Wildman–Crippen LogP) is 10.9. The van der Waals surface area contributed by atoms with Crippen molar-refractivity contribution in [2.24, 2.45) is 10.9 Å². The van der Waals surface area contributed by atoms with Gasteiger partial charge in [-0.05, 0) is 85.0 Å². The first-order chi connectivity index (χ1) is 39.4. The molecule has 0 aliphatic carbocycles. The van der Waals surface area contributed by atoms with Gasteiger partial charge in [0.05, 0.1) is 11.5 Å². The topological polar surface area (TPSA) is 195 Å². The zero-order valence-corrected chi connectivity index (χ0v) is 52.8. The first-order valence-electron chi connectivity index (χ1n) is 30.7. The van der Waals surface area contributed by atoms with Crippen molar-refractivity contribution in [2.45, 2.75) is 218 Å². The van der Waals surface area contributed by atoms with Crippen LogP contribution in [0.25, 0.3) is 0 Å². The normalized spacial score (nSPS) is 17.0. The molecule has 0 radical (unpaired) electrons. The Labute approximate surface area is 492 Å². The van der Waals surface area contributed by atoms with Crippen molar-refractivity contribution >= 4 is 62.8 Å². The number of esters is 1. The van der Waals surface area contributed by atoms with Crippen LogP contribution in [0.2, 0.25) is 30.7 Å². The van der Waals surface area contributed by atoms with E-state index >= 15 is 0 Å². The summed E-state index contributed by atoms with van der Waals surface area (Å²) in [6.45, 7) is 18.1. The molecular formula is C64H99N5O11Si2. The first kappa shape index (κ1) is 67.4. The van der Waals surface area contributed by atoms with Crippen LogP contribution in [-0.4, -0.2) is 125 Å². The molecule has 0 unspecified atom stereocenters. The summed E-state index contributed by atoms with van der Waals surface area (Å²) >= 11 is 0. The number of nitrogens with zero attached hydrogens (tertiary/aromatic N) is 3. The number of nitrogens with one attached hydrogen (secondary N) is 2. The van der Waals surface area contributed by atoms with E-state index in [9.17, 15) is 29.1 Å². The van der Waals surface area contributed by atoms with E-state index in [1.807, 2.05) is 36.4 Å². The van der Waals surface area contributed by atoms with Crippen molar-refractivity contribution in [1.82, 2.24) is 20.8 Å². The highest BCUT2D eigenvalue weighted by Gasteiger charge is 2.53. The lowest BCUT2D eigenvalue weighted by Crippen LogP contribution is -2.69. The molecule has 2 aliphatic heterocycles. The van der Waals surface area contributed by atoms with Crippen molar-refractivity contribution < 1.29 is 52.7 Å². The van der Waals surface area contributed by atoms with E-state index in [0.29, 0.717) is 70.1 Å². The van der Waals surface area contributed by atoms with Gasteiger partial charge in [0, 0.05) is 27.8 Å². The number of phenolic OH excluding ortho intramolecular Hbond substituents is 1. The summed E-state index contributed by atoms with van der Waals surface area (Å²) in [5.74, 6) is -2.85. The van der Waals surface area contributed by atoms with Crippen molar-refractivity contribution in [3.8, 4) is 5.75 Å². The molecule has 2 heterocycles. The zero-order chi connectivity index (χ0) is 59.4. The molecule has 2 aliphatic rings. The number of hydrogen-bond donors (Lipinski definition) is 3. The summed E-state index contributed by atoms with van der Waals surface area (Å²) < 4.78 is 25.1. The fourth-order valence-electron chi connectivity index (χ4n) is 10.6. The van der Waals surface area contributed by atoms with Crippen LogP contribution in [-0.2, 0) is 47.5 Å². The molecule has 3 aromatic rings. The number of unbranched alkanes of at least 4 members (excludes halogenated alkanes) is 13. The molecular weight excluding hydrogens is 1070 g/mol. The third-order valence-electron chi connectivity index (χ3n) is 15.7. The number of ether oxygens (including phenoxy) is 3. The molecule has 5 atom stereocenters. The summed E-state index contributed by atoms with van der Waals surface area (Å²) in [4.78, 5) is 80.3. The van der Waals surface area contributed by atoms with Gasteiger partial charge in [0.25, 0.3) is 14.2 Å². The van der Waals surface area contributed by atoms with Crippen LogP contribution in [0.4, 0.5) is 0 Å². The van der Waals surface area contributed by atoms with Crippen LogP contribution in [0.15, 0.2) is 89.9 Å². The summed E-state index contributed by atoms with van der Waals surface area (Å²) in [5.41, 5.74) is 0.338. The monoisotopic (exact) mass is 1170 g/mol. The molecule has 5 rings (SSSR count). The highest BCUT2D eigenvalue weighted by Crippen LogP contribution is 2.38. The van der Waals surface area contributed by atoms with Crippen LogP contribution in [0.5, 0.6) is 5.75 Å². The van der Waals surface area contributed by atoms with Gasteiger partial charge in [-0.2, -0.15) is 0 Å². The molecule has 82 heavy (non-hydrogen) atoms. The van der Waals surface area contributed by atoms with Crippen LogP contribution in [0, 0.1) is 5.92 Å². The van der Waals surface area contributed by atoms with Gasteiger partial charge >= 0.3 is 5.97 Å². The molecule has 16 nitrogen and oxygen atoms in total. The molecule has 3 N–H and O–H groups in total. The number of phenols is 1. The fourth-order valence-corrected chi connectivity index (χ4v) is 15.8. The Kier molecular flexibility index (Phi) is 28.8. The van der Waals surface area contributed by atoms with E-state index in [2.05, 4.69) is 87.2 Å². The standard InChI is InChI=1S/C64H99N5O11Si2/c1-9-10-11-12-13-14-15-16-17-18-19-20-27-42-58(50(2)59(72)65-54-39-31-33-44-69(62(54)74)80-82(64(3,4)5,51-34-23-21-24-35-51)52-36-25-22-26-37-52)79-63(75)55(40-30-32-43-68(48-70)78-49-76-45-46-81(6,7)8)66-60(73)56-47-77-61(67-56)53-38-28-29-41-57(53)71/h21-26,28-29,34-38,41,48,50,54-56,58,71H,9-20,27,30-33,39-40,42-47,49H2,1-8H3,(H,65,72)(H,66,73)/t50-,54-,55-,56-,58+/m1/s1. The van der Waals surface area contributed by atoms with E-state index in [1.165, 1.54) is 62.5 Å². The minimum absolute atomic E-state index is 0.0488. The quantitative estimate of drug-likeness (QED) is 0.0123. The third kappa shape index (κ3) is 21.7. The number of carbonyl (C=O) groups excluding carboxylic acids is 5. The Bertz CT molecular complexity index is 2380. The van der Waals surface area contributed by atoms with Gasteiger partial charge in [-0.3, -0.25) is 19.2 Å². The van der Waals surface area contributed by atoms with Gasteiger partial charge in [0.2, 0.25) is 24.1 Å². The average molecular weight is 1170 g/mol. The summed E-state index contributed by atoms with van der Waals surface area (Å²) in [7, 11) is -4.52. The van der Waals surface area contributed by atoms with Crippen molar-refractivity contribution in [2.75, 3.05) is 33.1 Å². The van der Waals surface area contributed by atoms with Gasteiger partial charge in [0.1, 0.15) is 30.5 Å². The van der Waals surface area contributed by atoms with E-state index in [4.69, 9.17) is 23.6 Å². The largest absolute Gasteiger partial charge is 0.507 e. The molecule has 1 saturated heterocycles. The van der Waals surface area contributed by atoms with Crippen LogP contribution in [0.1, 0.15) is 169 Å². The number of rotatable bonds is 38. The Morgan fingerprint density at radius 3 is 1.99 bits per heavy atom. The number of hydroxylamine groups is 4. The first-order valence-corrected chi connectivity index (χ1v) is 36.3. The molecule has 454 valence electrons. The second kappa shape index (κ2) is 35.0. The summed E-state index contributed by atoms with van der Waals surface area (Å²) in [5, 5.41) is 20.8. The summed E-state index contributed by atoms with van der Waals surface area (Å²) in [6, 6.07) is 24.7. The zero-order valence-electron chi connectivity index (χ0n) is 50.8. The number of aliphatic imine (C=N–C) groups is 1. The van der Waals surface area contributed by atoms with E-state index in [-0.39, 0.29) is 43.9 Å². The number of para-hydroxylation sites is 1. The number of hydrogen-bond acceptors (Lipinski definition) is 12. The van der Waals surface area contributed by atoms with Crippen molar-refractivity contribution in [1.29, 1.82) is 0 Å². The molecule has 18 heteroatoms. The molecule has 0 bridgehead atoms. The Hall–Kier alpha value is -5.41. The minimum atomic E-state index is -3.20. The average Bonchev–Trinajstić information content (AvgIpc) is 1.84. The van der Waals surface area contributed by atoms with Crippen LogP contribution < -0.4 is 21.0 Å². The lowest BCUT2D eigenvalue weighted by atomic mass is 9.96. The van der Waals surface area contributed by atoms with E-state index < -0.39 is 69.4 Å². The van der Waals surface area contributed by atoms with Gasteiger partial charge in [-0.1, -0.05) is 204 Å². The van der Waals surface area contributed by atoms with Gasteiger partial charge in [-0.15, -0.1) is 0 Å². The van der Waals surface area contributed by atoms with Gasteiger partial charge in [-0.25, -0.2) is 24.8 Å². The van der Waals surface area contributed by atoms with Crippen LogP contribution >= 0.6 is 0 Å². The fraction of sp³-hybridized carbons (Fsp3) is 0.625. The molecule has 0 spiro atoms. The molecule has 1 fully saturated rings. The highest BCUT2D eigenvalue weighted by atomic mass is 28.4. The van der Waals surface area contributed by atoms with Crippen molar-refractivity contribution in [3.63, 3.8) is 0 Å². The maximum atomic E-state index is 14.9. The third-order valence-corrected chi connectivity index (χ3v) is 22.3. The number of carbonyl (C=O) groups is 5. The molecule has 0 saturated carbocycles. The molecule has 3 aromatic carbocycles. The SMILES string of the molecule is CCCCCCCCCCCCCCC[C@H](OC(=O)[C@@H](CCCCN(C=O)OCOCC[Si](C)(C)C)NC(=O)[C@H]1COC(c2ccccc2O)=N1)[C@@H](C)C(=O)N[C@@H]1CCCCN(O[Si](c2ccccc2)(c2ccccc2)C(C)(C)C)C1=O. The Morgan fingerprint density at radius 2 is 1.40 bits per heavy atom. The van der Waals surface area contributed by atoms with Gasteiger partial charge < -0.3 is 34.5 Å². The van der Waals surface area contributed by atoms with E-state index in [1.54, 1.807) is 25.1 Å². The minimum Gasteiger partial charge on any atom is -0.507 e. The van der Waals surface area contributed by atoms with Gasteiger partial charge in [0.15, 0.2) is 12.8 Å². The predicted molar refractivity (Wildman–Crippen MR) is 329 cm³/mol. The molecule has 4 amide bonds. The maximum absolute atomic E-state index is 14.9. The van der Waals surface area contributed by atoms with E-state index in [0.717, 1.165) is 47.2 Å². The lowest BCUT2D eigenvalue weighted by molar-refractivity contribution is -0.213. The molecule has 0 aromatic heterocycles. The number of amides is 4. The number of benzene rings is 3. The van der Waals surface area contributed by atoms with Crippen LogP contribution in [0.3, 0.4) is 0 Å². The Balaban J connectivity index is 1.33.